The fourth-order valence-electron chi connectivity index (χ4n) is 3.41. The number of aryl methyl sites for hydroxylation is 3. The zero-order valence-electron chi connectivity index (χ0n) is 14.0. The Morgan fingerprint density at radius 3 is 3.08 bits per heavy atom. The van der Waals surface area contributed by atoms with Crippen LogP contribution in [0.25, 0.3) is 11.0 Å². The summed E-state index contributed by atoms with van der Waals surface area (Å²) >= 11 is 0. The number of imidazole rings is 1. The highest BCUT2D eigenvalue weighted by atomic mass is 16.3. The highest BCUT2D eigenvalue weighted by molar-refractivity contribution is 5.88. The van der Waals surface area contributed by atoms with Gasteiger partial charge in [-0.1, -0.05) is 0 Å². The minimum atomic E-state index is 0.0458. The SMILES string of the molecule is Cc1cc2occ(CC(=O)NC3CCc4nccn4C3)c2cc1C. The van der Waals surface area contributed by atoms with Gasteiger partial charge in [-0.05, 0) is 43.5 Å². The van der Waals surface area contributed by atoms with Crippen LogP contribution in [-0.2, 0) is 24.2 Å². The number of nitrogens with one attached hydrogen (secondary N) is 1. The van der Waals surface area contributed by atoms with Crippen LogP contribution in [-0.4, -0.2) is 21.5 Å². The van der Waals surface area contributed by atoms with Crippen LogP contribution < -0.4 is 5.32 Å². The van der Waals surface area contributed by atoms with E-state index in [1.54, 1.807) is 6.26 Å². The third-order valence-corrected chi connectivity index (χ3v) is 4.92. The van der Waals surface area contributed by atoms with Crippen molar-refractivity contribution in [2.45, 2.75) is 45.7 Å². The number of fused-ring (bicyclic) bond motifs is 2. The molecule has 5 nitrogen and oxygen atoms in total. The van der Waals surface area contributed by atoms with Crippen molar-refractivity contribution in [1.82, 2.24) is 14.9 Å². The van der Waals surface area contributed by atoms with E-state index in [0.29, 0.717) is 6.42 Å². The van der Waals surface area contributed by atoms with Crippen LogP contribution in [0.15, 0.2) is 35.2 Å². The molecule has 1 amide bonds. The van der Waals surface area contributed by atoms with Gasteiger partial charge in [-0.3, -0.25) is 4.79 Å². The second kappa shape index (κ2) is 5.82. The number of nitrogens with zero attached hydrogens (tertiary/aromatic N) is 2. The first kappa shape index (κ1) is 15.0. The standard InChI is InChI=1S/C19H21N3O2/c1-12-7-16-14(11-24-17(16)8-13(12)2)9-19(23)21-15-3-4-18-20-5-6-22(18)10-15/h5-8,11,15H,3-4,9-10H2,1-2H3,(H,21,23). The summed E-state index contributed by atoms with van der Waals surface area (Å²) in [6, 6.07) is 4.31. The fraction of sp³-hybridized carbons (Fsp3) is 0.368. The maximum Gasteiger partial charge on any atom is 0.224 e. The molecule has 0 saturated carbocycles. The van der Waals surface area contributed by atoms with E-state index in [1.807, 2.05) is 18.5 Å². The van der Waals surface area contributed by atoms with Crippen LogP contribution in [0.1, 0.15) is 28.9 Å². The molecule has 24 heavy (non-hydrogen) atoms. The zero-order valence-corrected chi connectivity index (χ0v) is 14.0. The lowest BCUT2D eigenvalue weighted by atomic mass is 10.0. The number of hydrogen-bond acceptors (Lipinski definition) is 3. The van der Waals surface area contributed by atoms with Crippen molar-refractivity contribution in [3.8, 4) is 0 Å². The summed E-state index contributed by atoms with van der Waals surface area (Å²) in [5.74, 6) is 1.15. The predicted molar refractivity (Wildman–Crippen MR) is 91.9 cm³/mol. The van der Waals surface area contributed by atoms with Crippen LogP contribution in [0.2, 0.25) is 0 Å². The molecule has 0 bridgehead atoms. The molecule has 0 aliphatic carbocycles. The largest absolute Gasteiger partial charge is 0.464 e. The van der Waals surface area contributed by atoms with Gasteiger partial charge in [-0.25, -0.2) is 4.98 Å². The number of carbonyl (C=O) groups is 1. The molecule has 124 valence electrons. The molecule has 4 rings (SSSR count). The molecule has 5 heteroatoms. The summed E-state index contributed by atoms with van der Waals surface area (Å²) in [6.45, 7) is 4.94. The van der Waals surface area contributed by atoms with Crippen LogP contribution >= 0.6 is 0 Å². The fourth-order valence-corrected chi connectivity index (χ4v) is 3.41. The number of furan rings is 1. The third-order valence-electron chi connectivity index (χ3n) is 4.92. The van der Waals surface area contributed by atoms with Gasteiger partial charge in [0.1, 0.15) is 11.4 Å². The Balaban J connectivity index is 1.46. The van der Waals surface area contributed by atoms with E-state index >= 15 is 0 Å². The molecular formula is C19H21N3O2. The predicted octanol–water partition coefficient (Wildman–Crippen LogP) is 2.92. The number of carbonyl (C=O) groups excluding carboxylic acids is 1. The van der Waals surface area contributed by atoms with Gasteiger partial charge in [0.05, 0.1) is 12.7 Å². The number of hydrogen-bond donors (Lipinski definition) is 1. The lowest BCUT2D eigenvalue weighted by molar-refractivity contribution is -0.121. The summed E-state index contributed by atoms with van der Waals surface area (Å²) in [5.41, 5.74) is 4.21. The maximum atomic E-state index is 12.4. The van der Waals surface area contributed by atoms with Crippen LogP contribution in [0.5, 0.6) is 0 Å². The Hall–Kier alpha value is -2.56. The smallest absolute Gasteiger partial charge is 0.224 e. The van der Waals surface area contributed by atoms with E-state index in [4.69, 9.17) is 4.42 Å². The summed E-state index contributed by atoms with van der Waals surface area (Å²) < 4.78 is 7.74. The highest BCUT2D eigenvalue weighted by Crippen LogP contribution is 2.25. The molecule has 1 unspecified atom stereocenters. The average molecular weight is 323 g/mol. The van der Waals surface area contributed by atoms with Crippen LogP contribution in [0.3, 0.4) is 0 Å². The minimum Gasteiger partial charge on any atom is -0.464 e. The molecule has 1 aliphatic rings. The van der Waals surface area contributed by atoms with Gasteiger partial charge in [0.25, 0.3) is 0 Å². The van der Waals surface area contributed by atoms with E-state index in [9.17, 15) is 4.79 Å². The second-order valence-corrected chi connectivity index (χ2v) is 6.67. The third kappa shape index (κ3) is 2.70. The Labute approximate surface area is 140 Å². The van der Waals surface area contributed by atoms with Crippen molar-refractivity contribution in [3.63, 3.8) is 0 Å². The van der Waals surface area contributed by atoms with Gasteiger partial charge in [0.15, 0.2) is 0 Å². The molecule has 3 aromatic rings. The second-order valence-electron chi connectivity index (χ2n) is 6.67. The number of rotatable bonds is 3. The number of benzene rings is 1. The molecular weight excluding hydrogens is 302 g/mol. The summed E-state index contributed by atoms with van der Waals surface area (Å²) in [6.07, 6.45) is 7.70. The normalized spacial score (nSPS) is 17.0. The van der Waals surface area contributed by atoms with Crippen molar-refractivity contribution in [1.29, 1.82) is 0 Å². The molecule has 1 N–H and O–H groups in total. The van der Waals surface area contributed by atoms with Gasteiger partial charge in [-0.2, -0.15) is 0 Å². The average Bonchev–Trinajstić information content (AvgIpc) is 3.15. The molecule has 0 fully saturated rings. The van der Waals surface area contributed by atoms with Gasteiger partial charge >= 0.3 is 0 Å². The van der Waals surface area contributed by atoms with E-state index in [1.165, 1.54) is 11.1 Å². The van der Waals surface area contributed by atoms with Crippen molar-refractivity contribution in [3.05, 3.63) is 53.3 Å². The van der Waals surface area contributed by atoms with Crippen molar-refractivity contribution >= 4 is 16.9 Å². The lowest BCUT2D eigenvalue weighted by Crippen LogP contribution is -2.41. The summed E-state index contributed by atoms with van der Waals surface area (Å²) in [4.78, 5) is 16.8. The quantitative estimate of drug-likeness (QED) is 0.806. The highest BCUT2D eigenvalue weighted by Gasteiger charge is 2.21. The molecule has 1 aromatic carbocycles. The van der Waals surface area contributed by atoms with Gasteiger partial charge in [-0.15, -0.1) is 0 Å². The molecule has 1 aliphatic heterocycles. The van der Waals surface area contributed by atoms with Crippen LogP contribution in [0, 0.1) is 13.8 Å². The first-order valence-electron chi connectivity index (χ1n) is 8.37. The van der Waals surface area contributed by atoms with Crippen LogP contribution in [0.4, 0.5) is 0 Å². The van der Waals surface area contributed by atoms with Gasteiger partial charge < -0.3 is 14.3 Å². The summed E-state index contributed by atoms with van der Waals surface area (Å²) in [7, 11) is 0. The minimum absolute atomic E-state index is 0.0458. The molecule has 3 heterocycles. The number of amides is 1. The molecule has 0 radical (unpaired) electrons. The monoisotopic (exact) mass is 323 g/mol. The Bertz CT molecular complexity index is 907. The Morgan fingerprint density at radius 2 is 2.21 bits per heavy atom. The Morgan fingerprint density at radius 1 is 1.38 bits per heavy atom. The van der Waals surface area contributed by atoms with Crippen molar-refractivity contribution in [2.24, 2.45) is 0 Å². The van der Waals surface area contributed by atoms with E-state index in [2.05, 4.69) is 34.8 Å². The molecule has 0 spiro atoms. The van der Waals surface area contributed by atoms with E-state index < -0.39 is 0 Å². The van der Waals surface area contributed by atoms with Gasteiger partial charge in [0, 0.05) is 42.4 Å². The number of aromatic nitrogens is 2. The maximum absolute atomic E-state index is 12.4. The topological polar surface area (TPSA) is 60.1 Å². The first-order valence-corrected chi connectivity index (χ1v) is 8.37. The zero-order chi connectivity index (χ0) is 16.7. The summed E-state index contributed by atoms with van der Waals surface area (Å²) in [5, 5.41) is 4.19. The molecule has 2 aromatic heterocycles. The lowest BCUT2D eigenvalue weighted by Gasteiger charge is -2.24. The van der Waals surface area contributed by atoms with E-state index in [-0.39, 0.29) is 11.9 Å². The Kier molecular flexibility index (Phi) is 3.63. The van der Waals surface area contributed by atoms with Gasteiger partial charge in [0.2, 0.25) is 5.91 Å². The van der Waals surface area contributed by atoms with E-state index in [0.717, 1.165) is 41.7 Å². The first-order chi connectivity index (χ1) is 11.6. The van der Waals surface area contributed by atoms with Crippen molar-refractivity contribution < 1.29 is 9.21 Å². The molecule has 1 atom stereocenters. The van der Waals surface area contributed by atoms with Crippen molar-refractivity contribution in [2.75, 3.05) is 0 Å². The molecule has 0 saturated heterocycles.